The van der Waals surface area contributed by atoms with Crippen molar-refractivity contribution in [1.29, 1.82) is 0 Å². The average Bonchev–Trinajstić information content (AvgIpc) is 2.99. The normalized spacial score (nSPS) is 15.3. The molecule has 2 aromatic rings. The maximum Gasteiger partial charge on any atom is 0.326 e. The maximum atomic E-state index is 14.7. The Morgan fingerprint density at radius 2 is 2.14 bits per heavy atom. The molecule has 10 heteroatoms. The Morgan fingerprint density at radius 1 is 1.43 bits per heavy atom. The molecule has 0 bridgehead atoms. The predicted octanol–water partition coefficient (Wildman–Crippen LogP) is 2.16. The molecule has 0 unspecified atom stereocenters. The fourth-order valence-corrected chi connectivity index (χ4v) is 3.07. The van der Waals surface area contributed by atoms with Crippen molar-refractivity contribution in [3.63, 3.8) is 0 Å². The standard InChI is InChI=1S/C18H18ClFN4O4/c1-8(7-25)22-18-21-5-13(19)15(23-18)10-3-11-12(14(20)4-10)6-24(16(11)26)9(2)17(27)28/h3-5,8-9,25H,6-7H2,1-2H3,(H,27,28)(H,21,22,23)/t8-,9+/m0/s1. The quantitative estimate of drug-likeness (QED) is 0.670. The Hall–Kier alpha value is -2.78. The number of hydrogen-bond acceptors (Lipinski definition) is 6. The number of halogens is 2. The van der Waals surface area contributed by atoms with Crippen molar-refractivity contribution in [2.75, 3.05) is 11.9 Å². The van der Waals surface area contributed by atoms with Gasteiger partial charge < -0.3 is 20.4 Å². The van der Waals surface area contributed by atoms with Crippen molar-refractivity contribution in [3.8, 4) is 11.3 Å². The minimum atomic E-state index is -1.17. The van der Waals surface area contributed by atoms with E-state index in [2.05, 4.69) is 15.3 Å². The van der Waals surface area contributed by atoms with E-state index in [0.717, 1.165) is 4.90 Å². The number of aliphatic hydroxyl groups excluding tert-OH is 1. The minimum absolute atomic E-state index is 0.0796. The van der Waals surface area contributed by atoms with Gasteiger partial charge in [0.1, 0.15) is 11.9 Å². The highest BCUT2D eigenvalue weighted by atomic mass is 35.5. The van der Waals surface area contributed by atoms with Crippen molar-refractivity contribution in [2.45, 2.75) is 32.5 Å². The van der Waals surface area contributed by atoms with Gasteiger partial charge >= 0.3 is 5.97 Å². The van der Waals surface area contributed by atoms with Crippen molar-refractivity contribution in [1.82, 2.24) is 14.9 Å². The molecule has 1 aliphatic rings. The number of hydrogen-bond donors (Lipinski definition) is 3. The first kappa shape index (κ1) is 20.0. The summed E-state index contributed by atoms with van der Waals surface area (Å²) in [5, 5.41) is 21.3. The van der Waals surface area contributed by atoms with Gasteiger partial charge in [-0.2, -0.15) is 0 Å². The third kappa shape index (κ3) is 3.63. The number of aliphatic carboxylic acids is 1. The lowest BCUT2D eigenvalue weighted by Crippen LogP contribution is -2.38. The van der Waals surface area contributed by atoms with Crippen LogP contribution in [0.1, 0.15) is 29.8 Å². The summed E-state index contributed by atoms with van der Waals surface area (Å²) in [6.45, 7) is 2.84. The van der Waals surface area contributed by atoms with Crippen molar-refractivity contribution < 1.29 is 24.2 Å². The molecule has 28 heavy (non-hydrogen) atoms. The molecular formula is C18H18ClFN4O4. The zero-order chi connectivity index (χ0) is 20.6. The number of aromatic nitrogens is 2. The number of aliphatic hydroxyl groups is 1. The van der Waals surface area contributed by atoms with Gasteiger partial charge in [-0.3, -0.25) is 4.79 Å². The van der Waals surface area contributed by atoms with E-state index in [1.165, 1.54) is 25.3 Å². The number of nitrogens with one attached hydrogen (secondary N) is 1. The molecule has 148 valence electrons. The van der Waals surface area contributed by atoms with Crippen LogP contribution in [0.5, 0.6) is 0 Å². The molecule has 1 amide bonds. The summed E-state index contributed by atoms with van der Waals surface area (Å²) in [6.07, 6.45) is 1.34. The third-order valence-electron chi connectivity index (χ3n) is 4.51. The van der Waals surface area contributed by atoms with Gasteiger partial charge in [-0.25, -0.2) is 19.2 Å². The highest BCUT2D eigenvalue weighted by Gasteiger charge is 2.36. The summed E-state index contributed by atoms with van der Waals surface area (Å²) >= 11 is 6.16. The molecule has 0 saturated carbocycles. The molecule has 1 aliphatic heterocycles. The number of anilines is 1. The summed E-state index contributed by atoms with van der Waals surface area (Å²) in [6, 6.07) is 1.26. The molecule has 1 aromatic carbocycles. The van der Waals surface area contributed by atoms with Crippen molar-refractivity contribution in [2.24, 2.45) is 0 Å². The highest BCUT2D eigenvalue weighted by molar-refractivity contribution is 6.33. The molecule has 0 aliphatic carbocycles. The Labute approximate surface area is 165 Å². The number of amides is 1. The Bertz CT molecular complexity index is 955. The van der Waals surface area contributed by atoms with E-state index >= 15 is 0 Å². The van der Waals surface area contributed by atoms with Crippen LogP contribution in [-0.4, -0.2) is 55.6 Å². The van der Waals surface area contributed by atoms with Gasteiger partial charge in [0.15, 0.2) is 0 Å². The number of nitrogens with zero attached hydrogens (tertiary/aromatic N) is 3. The fraction of sp³-hybridized carbons (Fsp3) is 0.333. The van der Waals surface area contributed by atoms with Gasteiger partial charge in [0.2, 0.25) is 5.95 Å². The second-order valence-corrected chi connectivity index (χ2v) is 6.96. The Kier molecular flexibility index (Phi) is 5.48. The Morgan fingerprint density at radius 3 is 2.79 bits per heavy atom. The monoisotopic (exact) mass is 408 g/mol. The van der Waals surface area contributed by atoms with Crippen LogP contribution in [0.15, 0.2) is 18.3 Å². The maximum absolute atomic E-state index is 14.7. The largest absolute Gasteiger partial charge is 0.480 e. The van der Waals surface area contributed by atoms with Crippen LogP contribution in [0.25, 0.3) is 11.3 Å². The van der Waals surface area contributed by atoms with E-state index in [0.29, 0.717) is 0 Å². The number of carbonyl (C=O) groups excluding carboxylic acids is 1. The molecule has 0 saturated heterocycles. The first-order valence-corrected chi connectivity index (χ1v) is 8.87. The lowest BCUT2D eigenvalue weighted by Gasteiger charge is -2.19. The summed E-state index contributed by atoms with van der Waals surface area (Å²) in [4.78, 5) is 33.2. The first-order chi connectivity index (χ1) is 13.2. The molecule has 0 spiro atoms. The van der Waals surface area contributed by atoms with Crippen LogP contribution in [-0.2, 0) is 11.3 Å². The van der Waals surface area contributed by atoms with Crippen LogP contribution >= 0.6 is 11.6 Å². The lowest BCUT2D eigenvalue weighted by atomic mass is 10.0. The second-order valence-electron chi connectivity index (χ2n) is 6.55. The Balaban J connectivity index is 2.01. The summed E-state index contributed by atoms with van der Waals surface area (Å²) in [5.74, 6) is -2.19. The number of carbonyl (C=O) groups is 2. The van der Waals surface area contributed by atoms with E-state index in [4.69, 9.17) is 21.8 Å². The zero-order valence-corrected chi connectivity index (χ0v) is 15.9. The summed E-state index contributed by atoms with van der Waals surface area (Å²) < 4.78 is 14.7. The minimum Gasteiger partial charge on any atom is -0.480 e. The molecule has 3 rings (SSSR count). The highest BCUT2D eigenvalue weighted by Crippen LogP contribution is 2.34. The van der Waals surface area contributed by atoms with E-state index in [1.807, 2.05) is 0 Å². The SMILES string of the molecule is C[C@H](C(=O)O)N1Cc2c(F)cc(-c3nc(N[C@@H](C)CO)ncc3Cl)cc2C1=O. The second kappa shape index (κ2) is 7.69. The van der Waals surface area contributed by atoms with E-state index in [9.17, 15) is 14.0 Å². The molecule has 0 radical (unpaired) electrons. The van der Waals surface area contributed by atoms with Gasteiger partial charge in [0, 0.05) is 22.7 Å². The molecule has 2 atom stereocenters. The molecule has 3 N–H and O–H groups in total. The molecule has 2 heterocycles. The number of carboxylic acids is 1. The lowest BCUT2D eigenvalue weighted by molar-refractivity contribution is -0.141. The number of carboxylic acid groups (broad SMARTS) is 1. The average molecular weight is 409 g/mol. The molecular weight excluding hydrogens is 391 g/mol. The zero-order valence-electron chi connectivity index (χ0n) is 15.1. The van der Waals surface area contributed by atoms with E-state index < -0.39 is 23.7 Å². The first-order valence-electron chi connectivity index (χ1n) is 8.49. The van der Waals surface area contributed by atoms with Crippen LogP contribution in [0.3, 0.4) is 0 Å². The van der Waals surface area contributed by atoms with E-state index in [-0.39, 0.29) is 52.5 Å². The molecule has 0 fully saturated rings. The van der Waals surface area contributed by atoms with Gasteiger partial charge in [-0.15, -0.1) is 0 Å². The third-order valence-corrected chi connectivity index (χ3v) is 4.78. The van der Waals surface area contributed by atoms with Gasteiger partial charge in [0.25, 0.3) is 5.91 Å². The van der Waals surface area contributed by atoms with Crippen LogP contribution in [0.4, 0.5) is 10.3 Å². The van der Waals surface area contributed by atoms with Crippen LogP contribution in [0, 0.1) is 5.82 Å². The number of fused-ring (bicyclic) bond motifs is 1. The molecule has 8 nitrogen and oxygen atoms in total. The van der Waals surface area contributed by atoms with Crippen molar-refractivity contribution in [3.05, 3.63) is 40.3 Å². The van der Waals surface area contributed by atoms with Gasteiger partial charge in [-0.05, 0) is 26.0 Å². The van der Waals surface area contributed by atoms with Gasteiger partial charge in [0.05, 0.1) is 30.1 Å². The van der Waals surface area contributed by atoms with Gasteiger partial charge in [-0.1, -0.05) is 11.6 Å². The summed E-state index contributed by atoms with van der Waals surface area (Å²) in [7, 11) is 0. The van der Waals surface area contributed by atoms with Crippen LogP contribution < -0.4 is 5.32 Å². The number of rotatable bonds is 6. The topological polar surface area (TPSA) is 116 Å². The fourth-order valence-electron chi connectivity index (χ4n) is 2.87. The predicted molar refractivity (Wildman–Crippen MR) is 99.6 cm³/mol. The smallest absolute Gasteiger partial charge is 0.326 e. The summed E-state index contributed by atoms with van der Waals surface area (Å²) in [5.41, 5.74) is 0.695. The van der Waals surface area contributed by atoms with Crippen LogP contribution in [0.2, 0.25) is 5.02 Å². The molecule has 1 aromatic heterocycles. The van der Waals surface area contributed by atoms with E-state index in [1.54, 1.807) is 6.92 Å². The van der Waals surface area contributed by atoms with Crippen molar-refractivity contribution >= 4 is 29.4 Å². The number of benzene rings is 1.